The molecule has 0 spiro atoms. The van der Waals surface area contributed by atoms with Gasteiger partial charge in [-0.1, -0.05) is 6.92 Å². The summed E-state index contributed by atoms with van der Waals surface area (Å²) in [5.74, 6) is -2.85. The Morgan fingerprint density at radius 2 is 2.03 bits per heavy atom. The van der Waals surface area contributed by atoms with E-state index in [4.69, 9.17) is 19.9 Å². The van der Waals surface area contributed by atoms with E-state index in [0.29, 0.717) is 18.9 Å². The van der Waals surface area contributed by atoms with Gasteiger partial charge < -0.3 is 24.7 Å². The monoisotopic (exact) mass is 463 g/mol. The summed E-state index contributed by atoms with van der Waals surface area (Å²) in [6.45, 7) is 1.16. The molecule has 8 nitrogen and oxygen atoms in total. The molecule has 0 aliphatic carbocycles. The van der Waals surface area contributed by atoms with Gasteiger partial charge in [0.25, 0.3) is 12.4 Å². The van der Waals surface area contributed by atoms with E-state index in [9.17, 15) is 22.4 Å². The average molecular weight is 463 g/mol. The van der Waals surface area contributed by atoms with E-state index in [0.717, 1.165) is 0 Å². The molecule has 12 heteroatoms. The molecule has 1 aliphatic heterocycles. The van der Waals surface area contributed by atoms with Crippen LogP contribution in [-0.2, 0) is 21.3 Å². The predicted octanol–water partition coefficient (Wildman–Crippen LogP) is 2.91. The van der Waals surface area contributed by atoms with Crippen molar-refractivity contribution in [3.63, 3.8) is 0 Å². The van der Waals surface area contributed by atoms with Crippen LogP contribution in [0, 0.1) is 17.6 Å². The lowest BCUT2D eigenvalue weighted by Crippen LogP contribution is -2.39. The van der Waals surface area contributed by atoms with Crippen molar-refractivity contribution < 1.29 is 41.3 Å². The van der Waals surface area contributed by atoms with Crippen LogP contribution in [-0.4, -0.2) is 54.1 Å². The molecule has 32 heavy (non-hydrogen) atoms. The summed E-state index contributed by atoms with van der Waals surface area (Å²) in [5.41, 5.74) is 4.59. The standard InChI is InChI=1S/C20H25F4N3O5/c1-10(5-15(25)28)3-4-16-30-7-11(8-31-16)32-20-26-18-12(21)6-13(29-9-14(22)23)17(24)19(18)27(20)2/h6,10-11,14,16H,3-5,7-9H2,1-2H3,(H2,25,28)/t10-,11?,16?/m0/s1. The molecule has 0 radical (unpaired) electrons. The van der Waals surface area contributed by atoms with Gasteiger partial charge in [0, 0.05) is 19.5 Å². The molecule has 1 aromatic carbocycles. The van der Waals surface area contributed by atoms with Gasteiger partial charge in [0.05, 0.1) is 13.2 Å². The maximum absolute atomic E-state index is 14.7. The van der Waals surface area contributed by atoms with Gasteiger partial charge in [-0.25, -0.2) is 17.6 Å². The van der Waals surface area contributed by atoms with Crippen LogP contribution in [0.4, 0.5) is 17.6 Å². The molecule has 1 aliphatic rings. The maximum atomic E-state index is 14.7. The van der Waals surface area contributed by atoms with E-state index in [1.807, 2.05) is 6.92 Å². The van der Waals surface area contributed by atoms with E-state index in [1.165, 1.54) is 11.6 Å². The number of imidazole rings is 1. The van der Waals surface area contributed by atoms with Crippen molar-refractivity contribution in [1.82, 2.24) is 9.55 Å². The Labute approximate surface area is 181 Å². The van der Waals surface area contributed by atoms with Crippen LogP contribution >= 0.6 is 0 Å². The summed E-state index contributed by atoms with van der Waals surface area (Å²) >= 11 is 0. The summed E-state index contributed by atoms with van der Waals surface area (Å²) in [6.07, 6.45) is -2.32. The van der Waals surface area contributed by atoms with Gasteiger partial charge in [0.2, 0.25) is 5.91 Å². The number of rotatable bonds is 10. The highest BCUT2D eigenvalue weighted by molar-refractivity contribution is 5.80. The highest BCUT2D eigenvalue weighted by Gasteiger charge is 2.27. The van der Waals surface area contributed by atoms with Gasteiger partial charge in [-0.2, -0.15) is 4.98 Å². The second-order valence-electron chi connectivity index (χ2n) is 7.71. The number of carbonyl (C=O) groups excluding carboxylic acids is 1. The van der Waals surface area contributed by atoms with Crippen molar-refractivity contribution in [1.29, 1.82) is 0 Å². The number of aryl methyl sites for hydroxylation is 1. The number of ether oxygens (including phenoxy) is 4. The molecule has 1 amide bonds. The van der Waals surface area contributed by atoms with Crippen molar-refractivity contribution in [3.8, 4) is 11.8 Å². The number of primary amides is 1. The zero-order valence-electron chi connectivity index (χ0n) is 17.7. The highest BCUT2D eigenvalue weighted by atomic mass is 19.3. The Balaban J connectivity index is 1.62. The Morgan fingerprint density at radius 3 is 2.66 bits per heavy atom. The van der Waals surface area contributed by atoms with Crippen molar-refractivity contribution in [2.45, 2.75) is 45.0 Å². The number of halogens is 4. The average Bonchev–Trinajstić information content (AvgIpc) is 3.05. The first-order valence-corrected chi connectivity index (χ1v) is 10.1. The lowest BCUT2D eigenvalue weighted by Gasteiger charge is -2.29. The van der Waals surface area contributed by atoms with E-state index in [2.05, 4.69) is 9.72 Å². The molecule has 2 aromatic rings. The quantitative estimate of drug-likeness (QED) is 0.544. The third kappa shape index (κ3) is 5.80. The van der Waals surface area contributed by atoms with Crippen LogP contribution in [0.5, 0.6) is 11.8 Å². The largest absolute Gasteiger partial charge is 0.484 e. The number of alkyl halides is 2. The fourth-order valence-electron chi connectivity index (χ4n) is 3.40. The second kappa shape index (κ2) is 10.3. The van der Waals surface area contributed by atoms with Crippen LogP contribution in [0.1, 0.15) is 26.2 Å². The second-order valence-corrected chi connectivity index (χ2v) is 7.71. The maximum Gasteiger partial charge on any atom is 0.297 e. The minimum Gasteiger partial charge on any atom is -0.484 e. The molecule has 1 aromatic heterocycles. The molecule has 1 atom stereocenters. The highest BCUT2D eigenvalue weighted by Crippen LogP contribution is 2.32. The molecule has 3 rings (SSSR count). The van der Waals surface area contributed by atoms with Gasteiger partial charge in [-0.05, 0) is 18.8 Å². The molecule has 1 fully saturated rings. The van der Waals surface area contributed by atoms with E-state index in [1.54, 1.807) is 0 Å². The number of nitrogens with two attached hydrogens (primary N) is 1. The molecular formula is C20H25F4N3O5. The van der Waals surface area contributed by atoms with Crippen molar-refractivity contribution in [3.05, 3.63) is 17.7 Å². The fourth-order valence-corrected chi connectivity index (χ4v) is 3.40. The van der Waals surface area contributed by atoms with E-state index < -0.39 is 42.8 Å². The lowest BCUT2D eigenvalue weighted by atomic mass is 10.0. The molecule has 2 heterocycles. The number of benzene rings is 1. The predicted molar refractivity (Wildman–Crippen MR) is 104 cm³/mol. The third-order valence-electron chi connectivity index (χ3n) is 4.98. The summed E-state index contributed by atoms with van der Waals surface area (Å²) in [6, 6.07) is 0.586. The normalized spacial score (nSPS) is 20.0. The SMILES string of the molecule is C[C@@H](CCC1OCC(Oc2nc3c(F)cc(OCC(F)F)c(F)c3n2C)CO1)CC(N)=O. The number of amides is 1. The number of carbonyl (C=O) groups is 1. The minimum absolute atomic E-state index is 0.0884. The number of fused-ring (bicyclic) bond motifs is 1. The van der Waals surface area contributed by atoms with Crippen LogP contribution in [0.25, 0.3) is 11.0 Å². The molecule has 0 saturated carbocycles. The summed E-state index contributed by atoms with van der Waals surface area (Å²) in [5, 5.41) is 0. The zero-order valence-corrected chi connectivity index (χ0v) is 17.7. The number of nitrogens with zero attached hydrogens (tertiary/aromatic N) is 2. The molecule has 178 valence electrons. The van der Waals surface area contributed by atoms with Gasteiger partial charge >= 0.3 is 0 Å². The van der Waals surface area contributed by atoms with Gasteiger partial charge in [-0.3, -0.25) is 9.36 Å². The first-order chi connectivity index (χ1) is 15.2. The lowest BCUT2D eigenvalue weighted by molar-refractivity contribution is -0.215. The molecule has 1 saturated heterocycles. The Kier molecular flexibility index (Phi) is 7.77. The Hall–Kier alpha value is -2.60. The topological polar surface area (TPSA) is 97.8 Å². The first-order valence-electron chi connectivity index (χ1n) is 10.1. The summed E-state index contributed by atoms with van der Waals surface area (Å²) in [4.78, 5) is 14.9. The third-order valence-corrected chi connectivity index (χ3v) is 4.98. The molecule has 0 bridgehead atoms. The minimum atomic E-state index is -2.83. The number of aromatic nitrogens is 2. The fraction of sp³-hybridized carbons (Fsp3) is 0.600. The van der Waals surface area contributed by atoms with Crippen LogP contribution in [0.15, 0.2) is 6.07 Å². The summed E-state index contributed by atoms with van der Waals surface area (Å²) in [7, 11) is 1.40. The number of hydrogen-bond acceptors (Lipinski definition) is 6. The first kappa shape index (κ1) is 24.1. The smallest absolute Gasteiger partial charge is 0.297 e. The van der Waals surface area contributed by atoms with Crippen molar-refractivity contribution >= 4 is 16.9 Å². The van der Waals surface area contributed by atoms with Gasteiger partial charge in [0.15, 0.2) is 23.7 Å². The van der Waals surface area contributed by atoms with Crippen LogP contribution in [0.2, 0.25) is 0 Å². The van der Waals surface area contributed by atoms with Crippen molar-refractivity contribution in [2.24, 2.45) is 18.7 Å². The Morgan fingerprint density at radius 1 is 1.34 bits per heavy atom. The van der Waals surface area contributed by atoms with Crippen LogP contribution in [0.3, 0.4) is 0 Å². The molecule has 2 N–H and O–H groups in total. The van der Waals surface area contributed by atoms with Gasteiger partial charge in [0.1, 0.15) is 23.7 Å². The van der Waals surface area contributed by atoms with Crippen molar-refractivity contribution in [2.75, 3.05) is 19.8 Å². The number of hydrogen-bond donors (Lipinski definition) is 1. The Bertz CT molecular complexity index is 947. The van der Waals surface area contributed by atoms with E-state index in [-0.39, 0.29) is 48.5 Å². The van der Waals surface area contributed by atoms with Gasteiger partial charge in [-0.15, -0.1) is 0 Å². The van der Waals surface area contributed by atoms with Crippen LogP contribution < -0.4 is 15.2 Å². The molecular weight excluding hydrogens is 438 g/mol. The summed E-state index contributed by atoms with van der Waals surface area (Å²) < 4.78 is 76.5. The molecule has 0 unspecified atom stereocenters. The van der Waals surface area contributed by atoms with E-state index >= 15 is 0 Å². The zero-order chi connectivity index (χ0) is 23.4.